The van der Waals surface area contributed by atoms with Gasteiger partial charge in [0.05, 0.1) is 6.42 Å². The molecule has 0 radical (unpaired) electrons. The summed E-state index contributed by atoms with van der Waals surface area (Å²) in [4.78, 5) is 10.6. The fraction of sp³-hybridized carbons (Fsp3) is 0.875. The van der Waals surface area contributed by atoms with Gasteiger partial charge in [0.1, 0.15) is 0 Å². The van der Waals surface area contributed by atoms with Crippen molar-refractivity contribution < 1.29 is 9.90 Å². The van der Waals surface area contributed by atoms with E-state index in [0.717, 1.165) is 32.7 Å². The maximum atomic E-state index is 10.6. The van der Waals surface area contributed by atoms with Crippen LogP contribution in [0.2, 0.25) is 0 Å². The van der Waals surface area contributed by atoms with Crippen LogP contribution < -0.4 is 5.73 Å². The van der Waals surface area contributed by atoms with Crippen molar-refractivity contribution in [2.45, 2.75) is 30.6 Å². The smallest absolute Gasteiger partial charge is 0.303 e. The second-order valence-corrected chi connectivity index (χ2v) is 5.88. The van der Waals surface area contributed by atoms with Crippen molar-refractivity contribution >= 4 is 14.6 Å². The topological polar surface area (TPSA) is 63.3 Å². The van der Waals surface area contributed by atoms with Gasteiger partial charge in [0.25, 0.3) is 0 Å². The van der Waals surface area contributed by atoms with Crippen molar-refractivity contribution in [3.05, 3.63) is 0 Å². The monoisotopic (exact) mass is 187 g/mol. The third-order valence-corrected chi connectivity index (χ3v) is 4.75. The molecule has 0 spiro atoms. The first-order valence-corrected chi connectivity index (χ1v) is 5.49. The summed E-state index contributed by atoms with van der Waals surface area (Å²) in [7, 11) is 1.10. The van der Waals surface area contributed by atoms with Crippen molar-refractivity contribution in [3.8, 4) is 0 Å². The van der Waals surface area contributed by atoms with Crippen molar-refractivity contribution in [1.29, 1.82) is 0 Å². The lowest BCUT2D eigenvalue weighted by atomic mass is 9.83. The molecule has 3 N–H and O–H groups in total. The van der Waals surface area contributed by atoms with E-state index in [1.165, 1.54) is 0 Å². The molecule has 0 bridgehead atoms. The molecule has 12 heavy (non-hydrogen) atoms. The summed E-state index contributed by atoms with van der Waals surface area (Å²) >= 11 is 0. The normalized spacial score (nSPS) is 46.1. The van der Waals surface area contributed by atoms with E-state index in [1.807, 2.05) is 0 Å². The maximum Gasteiger partial charge on any atom is 0.303 e. The summed E-state index contributed by atoms with van der Waals surface area (Å²) in [5.41, 5.74) is 7.29. The van der Waals surface area contributed by atoms with Crippen LogP contribution in [0, 0.1) is 5.41 Å². The molecule has 1 unspecified atom stereocenters. The number of nitrogens with two attached hydrogens (primary N) is 1. The fourth-order valence-corrected chi connectivity index (χ4v) is 4.12. The third kappa shape index (κ3) is 1.36. The van der Waals surface area contributed by atoms with Crippen LogP contribution in [-0.2, 0) is 4.79 Å². The molecule has 1 aliphatic heterocycles. The van der Waals surface area contributed by atoms with Crippen molar-refractivity contribution in [2.75, 3.05) is 6.54 Å². The zero-order valence-corrected chi connectivity index (χ0v) is 7.92. The highest BCUT2D eigenvalue weighted by Crippen LogP contribution is 2.65. The maximum absolute atomic E-state index is 10.6. The summed E-state index contributed by atoms with van der Waals surface area (Å²) in [5.74, 6) is -0.690. The summed E-state index contributed by atoms with van der Waals surface area (Å²) in [6.45, 7) is 0.552. The quantitative estimate of drug-likeness (QED) is 0.637. The second-order valence-electron chi connectivity index (χ2n) is 4.06. The summed E-state index contributed by atoms with van der Waals surface area (Å²) in [6, 6.07) is 0. The first kappa shape index (κ1) is 8.46. The Bertz CT molecular complexity index is 209. The van der Waals surface area contributed by atoms with Crippen molar-refractivity contribution in [1.82, 2.24) is 0 Å². The first-order chi connectivity index (χ1) is 5.65. The average Bonchev–Trinajstić information content (AvgIpc) is 2.59. The first-order valence-electron chi connectivity index (χ1n) is 4.33. The van der Waals surface area contributed by atoms with Gasteiger partial charge in [-0.15, -0.1) is 8.58 Å². The van der Waals surface area contributed by atoms with Crippen LogP contribution in [0.15, 0.2) is 0 Å². The van der Waals surface area contributed by atoms with Crippen molar-refractivity contribution in [3.63, 3.8) is 0 Å². The van der Waals surface area contributed by atoms with E-state index in [2.05, 4.69) is 0 Å². The Balaban J connectivity index is 2.00. The van der Waals surface area contributed by atoms with Crippen LogP contribution in [0.5, 0.6) is 0 Å². The van der Waals surface area contributed by atoms with Gasteiger partial charge in [-0.05, 0) is 36.1 Å². The molecule has 2 aliphatic rings. The largest absolute Gasteiger partial charge is 0.481 e. The lowest BCUT2D eigenvalue weighted by Crippen LogP contribution is -2.31. The van der Waals surface area contributed by atoms with Crippen LogP contribution in [-0.4, -0.2) is 28.9 Å². The van der Waals surface area contributed by atoms with Crippen LogP contribution in [0.25, 0.3) is 0 Å². The number of hydrogen-bond acceptors (Lipinski definition) is 2. The molecule has 68 valence electrons. The molecule has 1 aliphatic carbocycles. The molecule has 2 rings (SSSR count). The van der Waals surface area contributed by atoms with E-state index in [4.69, 9.17) is 10.8 Å². The van der Waals surface area contributed by atoms with E-state index in [1.54, 1.807) is 0 Å². The molecular weight excluding hydrogens is 173 g/mol. The van der Waals surface area contributed by atoms with Gasteiger partial charge in [0.15, 0.2) is 0 Å². The van der Waals surface area contributed by atoms with E-state index in [-0.39, 0.29) is 11.8 Å². The molecule has 1 heterocycles. The van der Waals surface area contributed by atoms with Crippen molar-refractivity contribution in [2.24, 2.45) is 11.1 Å². The Morgan fingerprint density at radius 1 is 1.58 bits per heavy atom. The number of fused-ring (bicyclic) bond motifs is 1. The van der Waals surface area contributed by atoms with Gasteiger partial charge in [-0.2, -0.15) is 0 Å². The lowest BCUT2D eigenvalue weighted by Gasteiger charge is -2.26. The average molecular weight is 187 g/mol. The molecule has 0 amide bonds. The van der Waals surface area contributed by atoms with E-state index in [0.29, 0.717) is 6.54 Å². The van der Waals surface area contributed by atoms with Gasteiger partial charge in [-0.25, -0.2) is 0 Å². The molecule has 3 nitrogen and oxygen atoms in total. The number of carbonyl (C=O) groups is 1. The van der Waals surface area contributed by atoms with Crippen LogP contribution in [0.1, 0.15) is 19.3 Å². The van der Waals surface area contributed by atoms with Gasteiger partial charge in [-0.1, -0.05) is 0 Å². The highest BCUT2D eigenvalue weighted by atomic mass is 31.1. The standard InChI is InChI=1S/C8H14NO2P/c9-4-8(3-7(10)11)1-5-6(2-8)12-5/h5-6,12H,1-4,9H2,(H,10,11)/t5-,6+,8-. The van der Waals surface area contributed by atoms with Gasteiger partial charge in [-0.3, -0.25) is 4.79 Å². The third-order valence-electron chi connectivity index (χ3n) is 3.07. The minimum Gasteiger partial charge on any atom is -0.481 e. The van der Waals surface area contributed by atoms with E-state index in [9.17, 15) is 4.79 Å². The fourth-order valence-electron chi connectivity index (χ4n) is 2.34. The molecular formula is C8H14NO2P. The SMILES string of the molecule is NC[C@@]1(CC(=O)O)C[C@@H]2P[C@@H]2C1. The second kappa shape index (κ2) is 2.68. The number of hydrogen-bond donors (Lipinski definition) is 2. The van der Waals surface area contributed by atoms with Gasteiger partial charge >= 0.3 is 5.97 Å². The Morgan fingerprint density at radius 2 is 2.17 bits per heavy atom. The molecule has 1 saturated heterocycles. The minimum atomic E-state index is -0.690. The van der Waals surface area contributed by atoms with E-state index >= 15 is 0 Å². The Kier molecular flexibility index (Phi) is 1.89. The Labute approximate surface area is 73.5 Å². The zero-order chi connectivity index (χ0) is 8.77. The highest BCUT2D eigenvalue weighted by Gasteiger charge is 2.53. The highest BCUT2D eigenvalue weighted by molar-refractivity contribution is 7.49. The minimum absolute atomic E-state index is 0.0353. The lowest BCUT2D eigenvalue weighted by molar-refractivity contribution is -0.139. The predicted octanol–water partition coefficient (Wildman–Crippen LogP) is 0.629. The van der Waals surface area contributed by atoms with Crippen LogP contribution in [0.4, 0.5) is 0 Å². The van der Waals surface area contributed by atoms with Crippen LogP contribution in [0.3, 0.4) is 0 Å². The van der Waals surface area contributed by atoms with Gasteiger partial charge < -0.3 is 10.8 Å². The summed E-state index contributed by atoms with van der Waals surface area (Å²) in [5, 5.41) is 8.72. The summed E-state index contributed by atoms with van der Waals surface area (Å²) < 4.78 is 0. The molecule has 0 aromatic rings. The summed E-state index contributed by atoms with van der Waals surface area (Å²) in [6.07, 6.45) is 2.42. The molecule has 2 fully saturated rings. The zero-order valence-electron chi connectivity index (χ0n) is 6.92. The number of rotatable bonds is 3. The van der Waals surface area contributed by atoms with Gasteiger partial charge in [0, 0.05) is 0 Å². The number of aliphatic carboxylic acids is 1. The molecule has 4 atom stereocenters. The Morgan fingerprint density at radius 3 is 2.58 bits per heavy atom. The molecule has 4 heteroatoms. The molecule has 1 saturated carbocycles. The number of carboxylic acids is 1. The predicted molar refractivity (Wildman–Crippen MR) is 48.9 cm³/mol. The molecule has 0 aromatic heterocycles. The molecule has 0 aromatic carbocycles. The van der Waals surface area contributed by atoms with Crippen LogP contribution >= 0.6 is 8.58 Å². The Hall–Kier alpha value is -0.140. The van der Waals surface area contributed by atoms with E-state index < -0.39 is 5.97 Å². The van der Waals surface area contributed by atoms with Gasteiger partial charge in [0.2, 0.25) is 0 Å². The number of carboxylic acid groups (broad SMARTS) is 1.